The Morgan fingerprint density at radius 3 is 2.72 bits per heavy atom. The van der Waals surface area contributed by atoms with Crippen LogP contribution < -0.4 is 14.8 Å². The molecule has 1 amide bonds. The van der Waals surface area contributed by atoms with Gasteiger partial charge in [-0.25, -0.2) is 9.59 Å². The van der Waals surface area contributed by atoms with Crippen molar-refractivity contribution in [3.05, 3.63) is 57.7 Å². The van der Waals surface area contributed by atoms with E-state index in [2.05, 4.69) is 27.9 Å². The third kappa shape index (κ3) is 5.31. The highest BCUT2D eigenvalue weighted by atomic mass is 127. The number of ether oxygens (including phenoxy) is 3. The number of phenols is 1. The number of benzene rings is 2. The van der Waals surface area contributed by atoms with Gasteiger partial charge in [0.15, 0.2) is 11.5 Å². The van der Waals surface area contributed by atoms with E-state index in [1.54, 1.807) is 37.3 Å². The highest BCUT2D eigenvalue weighted by Gasteiger charge is 2.26. The number of halogens is 1. The fourth-order valence-electron chi connectivity index (χ4n) is 2.78. The summed E-state index contributed by atoms with van der Waals surface area (Å²) in [7, 11) is 0. The lowest BCUT2D eigenvalue weighted by Gasteiger charge is -2.23. The first-order chi connectivity index (χ1) is 13.8. The molecule has 0 unspecified atom stereocenters. The summed E-state index contributed by atoms with van der Waals surface area (Å²) >= 11 is 2.07. The molecule has 0 bridgehead atoms. The number of amides is 1. The molecule has 0 fully saturated rings. The van der Waals surface area contributed by atoms with Gasteiger partial charge in [-0.1, -0.05) is 13.0 Å². The number of carbonyl (C=O) groups is 2. The molecule has 1 aliphatic rings. The fraction of sp³-hybridized carbons (Fsp3) is 0.200. The highest BCUT2D eigenvalue weighted by molar-refractivity contribution is 14.1. The molecule has 1 aliphatic heterocycles. The maximum absolute atomic E-state index is 12.5. The number of fused-ring (bicyclic) bond motifs is 1. The van der Waals surface area contributed by atoms with E-state index in [4.69, 9.17) is 19.3 Å². The second kappa shape index (κ2) is 9.03. The molecule has 2 aromatic rings. The summed E-state index contributed by atoms with van der Waals surface area (Å²) in [5, 5.41) is 21.7. The number of carbonyl (C=O) groups excluding carboxylic acids is 1. The first-order valence-corrected chi connectivity index (χ1v) is 9.68. The largest absolute Gasteiger partial charge is 0.508 e. The minimum absolute atomic E-state index is 0.0538. The Kier molecular flexibility index (Phi) is 6.47. The van der Waals surface area contributed by atoms with Crippen molar-refractivity contribution in [1.82, 2.24) is 0 Å². The Morgan fingerprint density at radius 1 is 1.21 bits per heavy atom. The monoisotopic (exact) mass is 511 g/mol. The minimum atomic E-state index is -1.12. The molecule has 0 saturated carbocycles. The van der Waals surface area contributed by atoms with E-state index in [0.717, 1.165) is 9.65 Å². The predicted octanol–water partition coefficient (Wildman–Crippen LogP) is 4.29. The Hall–Kier alpha value is -2.95. The van der Waals surface area contributed by atoms with E-state index in [0.29, 0.717) is 22.7 Å². The van der Waals surface area contributed by atoms with Crippen LogP contribution >= 0.6 is 22.6 Å². The fourth-order valence-corrected chi connectivity index (χ4v) is 3.29. The molecule has 8 nitrogen and oxygen atoms in total. The number of carboxylic acid groups (broad SMARTS) is 1. The van der Waals surface area contributed by atoms with Gasteiger partial charge in [0.25, 0.3) is 0 Å². The normalized spacial score (nSPS) is 14.4. The van der Waals surface area contributed by atoms with E-state index in [9.17, 15) is 14.7 Å². The lowest BCUT2D eigenvalue weighted by Crippen LogP contribution is -2.21. The molecule has 152 valence electrons. The molecule has 2 atom stereocenters. The number of nitrogens with one attached hydrogen (secondary N) is 1. The highest BCUT2D eigenvalue weighted by Crippen LogP contribution is 2.36. The molecule has 0 aliphatic carbocycles. The van der Waals surface area contributed by atoms with Gasteiger partial charge in [-0.15, -0.1) is 0 Å². The Labute approximate surface area is 180 Å². The summed E-state index contributed by atoms with van der Waals surface area (Å²) in [6.07, 6.45) is 0.707. The Balaban J connectivity index is 1.81. The second-order valence-electron chi connectivity index (χ2n) is 6.28. The summed E-state index contributed by atoms with van der Waals surface area (Å²) in [6.45, 7) is 1.81. The van der Waals surface area contributed by atoms with Gasteiger partial charge in [-0.05, 0) is 52.9 Å². The van der Waals surface area contributed by atoms with Crippen LogP contribution in [0, 0.1) is 9.49 Å². The number of aromatic hydroxyl groups is 1. The van der Waals surface area contributed by atoms with E-state index in [-0.39, 0.29) is 12.5 Å². The molecular weight excluding hydrogens is 493 g/mol. The molecule has 3 N–H and O–H groups in total. The Morgan fingerprint density at radius 2 is 1.97 bits per heavy atom. The van der Waals surface area contributed by atoms with E-state index >= 15 is 0 Å². The minimum Gasteiger partial charge on any atom is -0.508 e. The summed E-state index contributed by atoms with van der Waals surface area (Å²) in [4.78, 5) is 23.4. The van der Waals surface area contributed by atoms with Crippen LogP contribution in [0.25, 0.3) is 0 Å². The van der Waals surface area contributed by atoms with Gasteiger partial charge >= 0.3 is 12.1 Å². The van der Waals surface area contributed by atoms with Crippen LogP contribution in [0.5, 0.6) is 17.2 Å². The molecule has 0 radical (unpaired) electrons. The lowest BCUT2D eigenvalue weighted by atomic mass is 9.96. The first kappa shape index (κ1) is 20.8. The van der Waals surface area contributed by atoms with Crippen LogP contribution in [0.3, 0.4) is 0 Å². The quantitative estimate of drug-likeness (QED) is 0.392. The number of phenolic OH excluding ortho intramolecular Hbond substituents is 1. The van der Waals surface area contributed by atoms with Gasteiger partial charge < -0.3 is 24.4 Å². The molecule has 0 aromatic heterocycles. The third-order valence-electron chi connectivity index (χ3n) is 4.17. The first-order valence-electron chi connectivity index (χ1n) is 8.60. The number of hydrogen-bond acceptors (Lipinski definition) is 6. The molecule has 29 heavy (non-hydrogen) atoms. The number of carboxylic acids is 1. The number of rotatable bonds is 6. The molecule has 0 saturated heterocycles. The van der Waals surface area contributed by atoms with Gasteiger partial charge in [-0.2, -0.15) is 0 Å². The van der Waals surface area contributed by atoms with Crippen molar-refractivity contribution in [3.8, 4) is 17.2 Å². The average Bonchev–Trinajstić information content (AvgIpc) is 3.14. The molecule has 3 rings (SSSR count). The number of hydrogen-bond donors (Lipinski definition) is 3. The van der Waals surface area contributed by atoms with Crippen molar-refractivity contribution < 1.29 is 34.0 Å². The van der Waals surface area contributed by atoms with Gasteiger partial charge in [0, 0.05) is 32.9 Å². The van der Waals surface area contributed by atoms with Crippen molar-refractivity contribution in [1.29, 1.82) is 0 Å². The summed E-state index contributed by atoms with van der Waals surface area (Å²) in [5.74, 6) is -0.600. The van der Waals surface area contributed by atoms with E-state index < -0.39 is 24.1 Å². The van der Waals surface area contributed by atoms with Crippen molar-refractivity contribution in [3.63, 3.8) is 0 Å². The van der Waals surface area contributed by atoms with Crippen molar-refractivity contribution >= 4 is 40.3 Å². The van der Waals surface area contributed by atoms with Gasteiger partial charge in [0.05, 0.1) is 0 Å². The topological polar surface area (TPSA) is 114 Å². The zero-order chi connectivity index (χ0) is 21.0. The van der Waals surface area contributed by atoms with Crippen molar-refractivity contribution in [2.45, 2.75) is 13.0 Å². The van der Waals surface area contributed by atoms with E-state index in [1.807, 2.05) is 0 Å². The Bertz CT molecular complexity index is 960. The standard InChI is InChI=1S/C20H18INO7/c1-11(2-7-18(24)25)19(14-8-12(21)3-5-15(14)23)29-20(26)22-13-4-6-16-17(9-13)28-10-27-16/h2-9,11,19,23H,10H2,1H3,(H,22,26)(H,24,25)/b7-2+/t11-,19+/m1/s1. The van der Waals surface area contributed by atoms with Crippen LogP contribution in [0.15, 0.2) is 48.6 Å². The van der Waals surface area contributed by atoms with Gasteiger partial charge in [0.2, 0.25) is 6.79 Å². The summed E-state index contributed by atoms with van der Waals surface area (Å²) < 4.78 is 16.9. The number of anilines is 1. The van der Waals surface area contributed by atoms with Crippen LogP contribution in [0.4, 0.5) is 10.5 Å². The van der Waals surface area contributed by atoms with Crippen molar-refractivity contribution in [2.75, 3.05) is 12.1 Å². The predicted molar refractivity (Wildman–Crippen MR) is 112 cm³/mol. The summed E-state index contributed by atoms with van der Waals surface area (Å²) in [6, 6.07) is 9.80. The smallest absolute Gasteiger partial charge is 0.412 e. The van der Waals surface area contributed by atoms with Crippen LogP contribution in [0.2, 0.25) is 0 Å². The SMILES string of the molecule is C[C@H](/C=C/C(=O)O)[C@H](OC(=O)Nc1ccc2c(c1)OCO2)c1cc(I)ccc1O. The van der Waals surface area contributed by atoms with Crippen molar-refractivity contribution in [2.24, 2.45) is 5.92 Å². The maximum Gasteiger partial charge on any atom is 0.412 e. The van der Waals surface area contributed by atoms with Gasteiger partial charge in [-0.3, -0.25) is 5.32 Å². The van der Waals surface area contributed by atoms with Gasteiger partial charge in [0.1, 0.15) is 11.9 Å². The number of aliphatic carboxylic acids is 1. The maximum atomic E-state index is 12.5. The zero-order valence-corrected chi connectivity index (χ0v) is 17.5. The van der Waals surface area contributed by atoms with Crippen LogP contribution in [0.1, 0.15) is 18.6 Å². The summed E-state index contributed by atoms with van der Waals surface area (Å²) in [5.41, 5.74) is 0.818. The molecule has 9 heteroatoms. The zero-order valence-electron chi connectivity index (χ0n) is 15.3. The molecular formula is C20H18INO7. The second-order valence-corrected chi connectivity index (χ2v) is 7.52. The van der Waals surface area contributed by atoms with E-state index in [1.165, 1.54) is 12.1 Å². The van der Waals surface area contributed by atoms with Crippen LogP contribution in [-0.4, -0.2) is 29.1 Å². The molecule has 1 heterocycles. The third-order valence-corrected chi connectivity index (χ3v) is 4.84. The molecule has 0 spiro atoms. The molecule has 2 aromatic carbocycles. The lowest BCUT2D eigenvalue weighted by molar-refractivity contribution is -0.131. The van der Waals surface area contributed by atoms with Crippen LogP contribution in [-0.2, 0) is 9.53 Å². The average molecular weight is 511 g/mol.